The van der Waals surface area contributed by atoms with Crippen molar-refractivity contribution in [2.45, 2.75) is 44.7 Å². The molecule has 0 aliphatic heterocycles. The van der Waals surface area contributed by atoms with Gasteiger partial charge in [-0.1, -0.05) is 91.1 Å². The van der Waals surface area contributed by atoms with Gasteiger partial charge >= 0.3 is 0 Å². The van der Waals surface area contributed by atoms with Gasteiger partial charge in [0.25, 0.3) is 10.0 Å². The standard InChI is InChI=1S/C35H36Cl2FN3O4S/c1-24(2)21-39-35(43)33(20-26-7-5-4-6-8-26)40(22-27-11-18-31(36)32(37)19-27)34(42)23-41(29-14-12-28(38)13-15-29)46(44,45)30-16-9-25(3)10-17-30/h4-19,24,33H,20-23H2,1-3H3,(H,39,43)/t33-/m0/s1. The van der Waals surface area contributed by atoms with Crippen molar-refractivity contribution in [3.63, 3.8) is 0 Å². The molecule has 0 aromatic heterocycles. The summed E-state index contributed by atoms with van der Waals surface area (Å²) in [5.41, 5.74) is 2.34. The molecule has 242 valence electrons. The molecule has 0 radical (unpaired) electrons. The van der Waals surface area contributed by atoms with Gasteiger partial charge in [-0.15, -0.1) is 0 Å². The van der Waals surface area contributed by atoms with Crippen LogP contribution < -0.4 is 9.62 Å². The zero-order valence-electron chi connectivity index (χ0n) is 25.8. The van der Waals surface area contributed by atoms with Gasteiger partial charge in [-0.05, 0) is 72.5 Å². The fourth-order valence-corrected chi connectivity index (χ4v) is 6.52. The summed E-state index contributed by atoms with van der Waals surface area (Å²) in [7, 11) is -4.30. The van der Waals surface area contributed by atoms with Crippen LogP contribution in [0.5, 0.6) is 0 Å². The number of anilines is 1. The minimum Gasteiger partial charge on any atom is -0.354 e. The lowest BCUT2D eigenvalue weighted by Gasteiger charge is -2.34. The Balaban J connectivity index is 1.81. The summed E-state index contributed by atoms with van der Waals surface area (Å²) < 4.78 is 43.0. The zero-order valence-corrected chi connectivity index (χ0v) is 28.1. The van der Waals surface area contributed by atoms with Crippen LogP contribution >= 0.6 is 23.2 Å². The maximum absolute atomic E-state index is 14.5. The summed E-state index contributed by atoms with van der Waals surface area (Å²) >= 11 is 12.5. The number of hydrogen-bond acceptors (Lipinski definition) is 4. The Morgan fingerprint density at radius 3 is 2.11 bits per heavy atom. The summed E-state index contributed by atoms with van der Waals surface area (Å²) in [6.07, 6.45) is 0.166. The molecular weight excluding hydrogens is 648 g/mol. The third kappa shape index (κ3) is 9.09. The number of nitrogens with one attached hydrogen (secondary N) is 1. The van der Waals surface area contributed by atoms with E-state index < -0.39 is 34.3 Å². The van der Waals surface area contributed by atoms with Crippen molar-refractivity contribution in [1.82, 2.24) is 10.2 Å². The second-order valence-electron chi connectivity index (χ2n) is 11.4. The van der Waals surface area contributed by atoms with Crippen molar-refractivity contribution in [2.24, 2.45) is 5.92 Å². The van der Waals surface area contributed by atoms with E-state index in [-0.39, 0.29) is 40.4 Å². The molecule has 0 aliphatic carbocycles. The molecule has 0 unspecified atom stereocenters. The molecule has 0 heterocycles. The number of benzene rings is 4. The van der Waals surface area contributed by atoms with Gasteiger partial charge in [0, 0.05) is 19.5 Å². The van der Waals surface area contributed by atoms with E-state index in [9.17, 15) is 22.4 Å². The second-order valence-corrected chi connectivity index (χ2v) is 14.1. The minimum absolute atomic E-state index is 0.0400. The number of sulfonamides is 1. The number of carbonyl (C=O) groups is 2. The number of rotatable bonds is 13. The van der Waals surface area contributed by atoms with Crippen LogP contribution in [0.3, 0.4) is 0 Å². The topological polar surface area (TPSA) is 86.8 Å². The van der Waals surface area contributed by atoms with Crippen LogP contribution in [0, 0.1) is 18.7 Å². The Kier molecular flexibility index (Phi) is 11.8. The monoisotopic (exact) mass is 683 g/mol. The normalized spacial score (nSPS) is 12.1. The molecule has 46 heavy (non-hydrogen) atoms. The number of carbonyl (C=O) groups excluding carboxylic acids is 2. The van der Waals surface area contributed by atoms with Crippen LogP contribution in [0.15, 0.2) is 102 Å². The molecular formula is C35H36Cl2FN3O4S. The first-order chi connectivity index (χ1) is 21.8. The third-order valence-corrected chi connectivity index (χ3v) is 9.82. The van der Waals surface area contributed by atoms with Gasteiger partial charge in [0.1, 0.15) is 18.4 Å². The number of hydrogen-bond donors (Lipinski definition) is 1. The van der Waals surface area contributed by atoms with E-state index in [1.165, 1.54) is 29.2 Å². The van der Waals surface area contributed by atoms with E-state index in [4.69, 9.17) is 23.2 Å². The molecule has 4 rings (SSSR count). The van der Waals surface area contributed by atoms with Gasteiger partial charge in [-0.2, -0.15) is 0 Å². The molecule has 0 saturated carbocycles. The summed E-state index contributed by atoms with van der Waals surface area (Å²) in [5.74, 6) is -1.45. The lowest BCUT2D eigenvalue weighted by atomic mass is 10.0. The number of halogens is 3. The van der Waals surface area contributed by atoms with Gasteiger partial charge < -0.3 is 10.2 Å². The minimum atomic E-state index is -4.30. The predicted molar refractivity (Wildman–Crippen MR) is 181 cm³/mol. The second kappa shape index (κ2) is 15.6. The van der Waals surface area contributed by atoms with E-state index in [2.05, 4.69) is 5.32 Å². The van der Waals surface area contributed by atoms with E-state index >= 15 is 0 Å². The molecule has 0 fully saturated rings. The van der Waals surface area contributed by atoms with Gasteiger partial charge in [-0.25, -0.2) is 12.8 Å². The molecule has 0 bridgehead atoms. The summed E-state index contributed by atoms with van der Waals surface area (Å²) in [5, 5.41) is 3.54. The van der Waals surface area contributed by atoms with Gasteiger partial charge in [0.15, 0.2) is 0 Å². The van der Waals surface area contributed by atoms with Gasteiger partial charge in [0.2, 0.25) is 11.8 Å². The van der Waals surface area contributed by atoms with Gasteiger partial charge in [0.05, 0.1) is 20.6 Å². The Bertz CT molecular complexity index is 1750. The number of nitrogens with zero attached hydrogens (tertiary/aromatic N) is 2. The lowest BCUT2D eigenvalue weighted by Crippen LogP contribution is -2.53. The number of amides is 2. The molecule has 0 saturated heterocycles. The van der Waals surface area contributed by atoms with Crippen LogP contribution in [0.1, 0.15) is 30.5 Å². The third-order valence-electron chi connectivity index (χ3n) is 7.30. The smallest absolute Gasteiger partial charge is 0.264 e. The first kappa shape index (κ1) is 34.9. The van der Waals surface area contributed by atoms with E-state index in [1.54, 1.807) is 30.3 Å². The fourth-order valence-electron chi connectivity index (χ4n) is 4.78. The zero-order chi connectivity index (χ0) is 33.4. The van der Waals surface area contributed by atoms with E-state index in [0.717, 1.165) is 27.6 Å². The molecule has 4 aromatic carbocycles. The van der Waals surface area contributed by atoms with E-state index in [1.807, 2.05) is 51.1 Å². The lowest BCUT2D eigenvalue weighted by molar-refractivity contribution is -0.140. The maximum Gasteiger partial charge on any atom is 0.264 e. The van der Waals surface area contributed by atoms with Crippen LogP contribution in [-0.4, -0.2) is 44.3 Å². The van der Waals surface area contributed by atoms with Crippen molar-refractivity contribution >= 4 is 50.7 Å². The predicted octanol–water partition coefficient (Wildman–Crippen LogP) is 7.05. The molecule has 11 heteroatoms. The SMILES string of the molecule is Cc1ccc(S(=O)(=O)N(CC(=O)N(Cc2ccc(Cl)c(Cl)c2)[C@@H](Cc2ccccc2)C(=O)NCC(C)C)c2ccc(F)cc2)cc1. The van der Waals surface area contributed by atoms with Crippen LogP contribution in [-0.2, 0) is 32.6 Å². The average molecular weight is 685 g/mol. The Morgan fingerprint density at radius 1 is 0.848 bits per heavy atom. The summed E-state index contributed by atoms with van der Waals surface area (Å²) in [6, 6.07) is 24.2. The Hall–Kier alpha value is -3.92. The molecule has 0 aliphatic rings. The highest BCUT2D eigenvalue weighted by Gasteiger charge is 2.34. The Morgan fingerprint density at radius 2 is 1.50 bits per heavy atom. The summed E-state index contributed by atoms with van der Waals surface area (Å²) in [4.78, 5) is 29.6. The largest absolute Gasteiger partial charge is 0.354 e. The highest BCUT2D eigenvalue weighted by molar-refractivity contribution is 7.92. The molecule has 1 atom stereocenters. The van der Waals surface area contributed by atoms with Crippen molar-refractivity contribution < 1.29 is 22.4 Å². The van der Waals surface area contributed by atoms with E-state index in [0.29, 0.717) is 17.1 Å². The molecule has 7 nitrogen and oxygen atoms in total. The van der Waals surface area contributed by atoms with Gasteiger partial charge in [-0.3, -0.25) is 13.9 Å². The quantitative estimate of drug-likeness (QED) is 0.164. The van der Waals surface area contributed by atoms with Crippen molar-refractivity contribution in [3.05, 3.63) is 130 Å². The molecule has 1 N–H and O–H groups in total. The highest BCUT2D eigenvalue weighted by atomic mass is 35.5. The fraction of sp³-hybridized carbons (Fsp3) is 0.257. The first-order valence-electron chi connectivity index (χ1n) is 14.7. The molecule has 0 spiro atoms. The summed E-state index contributed by atoms with van der Waals surface area (Å²) in [6.45, 7) is 5.40. The van der Waals surface area contributed by atoms with Crippen molar-refractivity contribution in [2.75, 3.05) is 17.4 Å². The number of aryl methyl sites for hydroxylation is 1. The highest BCUT2D eigenvalue weighted by Crippen LogP contribution is 2.27. The molecule has 4 aromatic rings. The maximum atomic E-state index is 14.5. The van der Waals surface area contributed by atoms with Crippen LogP contribution in [0.2, 0.25) is 10.0 Å². The van der Waals surface area contributed by atoms with Crippen LogP contribution in [0.25, 0.3) is 0 Å². The van der Waals surface area contributed by atoms with Crippen molar-refractivity contribution in [1.29, 1.82) is 0 Å². The van der Waals surface area contributed by atoms with Crippen LogP contribution in [0.4, 0.5) is 10.1 Å². The Labute approximate surface area is 280 Å². The average Bonchev–Trinajstić information content (AvgIpc) is 3.03. The first-order valence-corrected chi connectivity index (χ1v) is 16.9. The molecule has 2 amide bonds. The van der Waals surface area contributed by atoms with Crippen molar-refractivity contribution in [3.8, 4) is 0 Å².